The largest absolute Gasteiger partial charge is 0.382 e. The van der Waals surface area contributed by atoms with Gasteiger partial charge in [0.1, 0.15) is 12.1 Å². The molecule has 4 N–H and O–H groups in total. The molecule has 1 aromatic heterocycles. The van der Waals surface area contributed by atoms with Crippen molar-refractivity contribution in [2.75, 3.05) is 11.6 Å². The van der Waals surface area contributed by atoms with Gasteiger partial charge in [-0.15, -0.1) is 0 Å². The van der Waals surface area contributed by atoms with Gasteiger partial charge in [-0.2, -0.15) is 0 Å². The standard InChI is InChI=1S/C10H18N4/c11-10-9(13-7-14(10)12)8-5-3-1-2-4-6-8/h7-8H,1-6,11-12H2. The first-order valence-corrected chi connectivity index (χ1v) is 5.37. The van der Waals surface area contributed by atoms with E-state index in [2.05, 4.69) is 4.98 Å². The maximum atomic E-state index is 5.86. The van der Waals surface area contributed by atoms with E-state index in [4.69, 9.17) is 11.6 Å². The highest BCUT2D eigenvalue weighted by Crippen LogP contribution is 2.32. The first-order valence-electron chi connectivity index (χ1n) is 5.37. The SMILES string of the molecule is Nc1c(C2CCCCCC2)ncn1N. The summed E-state index contributed by atoms with van der Waals surface area (Å²) in [5.41, 5.74) is 6.87. The molecule has 78 valence electrons. The Kier molecular flexibility index (Phi) is 2.61. The maximum Gasteiger partial charge on any atom is 0.145 e. The van der Waals surface area contributed by atoms with E-state index < -0.39 is 0 Å². The molecule has 1 saturated carbocycles. The molecule has 0 bridgehead atoms. The van der Waals surface area contributed by atoms with Crippen molar-refractivity contribution in [2.45, 2.75) is 44.4 Å². The Morgan fingerprint density at radius 2 is 1.86 bits per heavy atom. The van der Waals surface area contributed by atoms with Crippen LogP contribution in [-0.2, 0) is 0 Å². The number of imidazole rings is 1. The van der Waals surface area contributed by atoms with E-state index in [9.17, 15) is 0 Å². The van der Waals surface area contributed by atoms with Crippen LogP contribution in [0.2, 0.25) is 0 Å². The van der Waals surface area contributed by atoms with Crippen molar-refractivity contribution in [3.8, 4) is 0 Å². The Balaban J connectivity index is 2.16. The zero-order valence-corrected chi connectivity index (χ0v) is 8.45. The third-order valence-corrected chi connectivity index (χ3v) is 3.10. The van der Waals surface area contributed by atoms with Crippen LogP contribution in [0.3, 0.4) is 0 Å². The van der Waals surface area contributed by atoms with Crippen LogP contribution in [0.1, 0.15) is 50.1 Å². The molecule has 0 radical (unpaired) electrons. The number of hydrogen-bond donors (Lipinski definition) is 2. The van der Waals surface area contributed by atoms with E-state index in [0.717, 1.165) is 5.69 Å². The van der Waals surface area contributed by atoms with Gasteiger partial charge in [0.25, 0.3) is 0 Å². The van der Waals surface area contributed by atoms with Crippen LogP contribution < -0.4 is 11.6 Å². The Hall–Kier alpha value is -1.19. The molecule has 0 spiro atoms. The van der Waals surface area contributed by atoms with Gasteiger partial charge in [-0.1, -0.05) is 25.7 Å². The van der Waals surface area contributed by atoms with Crippen molar-refractivity contribution in [1.82, 2.24) is 9.66 Å². The van der Waals surface area contributed by atoms with E-state index in [0.29, 0.717) is 11.7 Å². The maximum absolute atomic E-state index is 5.86. The molecule has 0 atom stereocenters. The molecule has 1 heterocycles. The van der Waals surface area contributed by atoms with E-state index in [-0.39, 0.29) is 0 Å². The molecule has 1 aliphatic carbocycles. The van der Waals surface area contributed by atoms with Gasteiger partial charge in [-0.05, 0) is 12.8 Å². The smallest absolute Gasteiger partial charge is 0.145 e. The zero-order valence-electron chi connectivity index (χ0n) is 8.45. The second-order valence-corrected chi connectivity index (χ2v) is 4.11. The number of nitrogens with zero attached hydrogens (tertiary/aromatic N) is 2. The number of aromatic nitrogens is 2. The van der Waals surface area contributed by atoms with Crippen LogP contribution in [-0.4, -0.2) is 9.66 Å². The van der Waals surface area contributed by atoms with Gasteiger partial charge in [0, 0.05) is 5.92 Å². The van der Waals surface area contributed by atoms with Crippen LogP contribution in [0.4, 0.5) is 5.82 Å². The molecule has 0 aromatic carbocycles. The van der Waals surface area contributed by atoms with Crippen LogP contribution >= 0.6 is 0 Å². The lowest BCUT2D eigenvalue weighted by molar-refractivity contribution is 0.582. The van der Waals surface area contributed by atoms with Gasteiger partial charge in [0.2, 0.25) is 0 Å². The fourth-order valence-electron chi connectivity index (χ4n) is 2.25. The lowest BCUT2D eigenvalue weighted by Crippen LogP contribution is -2.11. The molecule has 0 aliphatic heterocycles. The zero-order chi connectivity index (χ0) is 9.97. The fraction of sp³-hybridized carbons (Fsp3) is 0.700. The normalized spacial score (nSPS) is 19.4. The first kappa shape index (κ1) is 9.37. The first-order chi connectivity index (χ1) is 6.79. The van der Waals surface area contributed by atoms with Crippen molar-refractivity contribution in [1.29, 1.82) is 0 Å². The monoisotopic (exact) mass is 194 g/mol. The highest BCUT2D eigenvalue weighted by Gasteiger charge is 2.19. The van der Waals surface area contributed by atoms with Gasteiger partial charge in [-0.25, -0.2) is 9.66 Å². The van der Waals surface area contributed by atoms with Crippen LogP contribution in [0.5, 0.6) is 0 Å². The van der Waals surface area contributed by atoms with E-state index in [1.165, 1.54) is 43.2 Å². The summed E-state index contributed by atoms with van der Waals surface area (Å²) in [6.45, 7) is 0. The van der Waals surface area contributed by atoms with Crippen LogP contribution in [0, 0.1) is 0 Å². The summed E-state index contributed by atoms with van der Waals surface area (Å²) in [6.07, 6.45) is 9.31. The molecule has 0 unspecified atom stereocenters. The highest BCUT2D eigenvalue weighted by molar-refractivity contribution is 5.38. The number of nitrogens with two attached hydrogens (primary N) is 2. The van der Waals surface area contributed by atoms with E-state index >= 15 is 0 Å². The molecule has 4 heteroatoms. The Bertz CT molecular complexity index is 297. The molecule has 14 heavy (non-hydrogen) atoms. The van der Waals surface area contributed by atoms with Gasteiger partial charge in [0.05, 0.1) is 5.69 Å². The Morgan fingerprint density at radius 3 is 2.36 bits per heavy atom. The second kappa shape index (κ2) is 3.90. The van der Waals surface area contributed by atoms with E-state index in [1.54, 1.807) is 6.33 Å². The Labute approximate surface area is 84.3 Å². The quantitative estimate of drug-likeness (QED) is 0.527. The van der Waals surface area contributed by atoms with Gasteiger partial charge >= 0.3 is 0 Å². The molecule has 1 aliphatic rings. The fourth-order valence-corrected chi connectivity index (χ4v) is 2.25. The summed E-state index contributed by atoms with van der Waals surface area (Å²) in [4.78, 5) is 4.29. The highest BCUT2D eigenvalue weighted by atomic mass is 15.3. The number of rotatable bonds is 1. The minimum atomic E-state index is 0.530. The predicted molar refractivity (Wildman–Crippen MR) is 57.2 cm³/mol. The summed E-state index contributed by atoms with van der Waals surface area (Å²) in [6, 6.07) is 0. The molecule has 2 rings (SSSR count). The topological polar surface area (TPSA) is 69.9 Å². The number of nitrogen functional groups attached to an aromatic ring is 2. The third-order valence-electron chi connectivity index (χ3n) is 3.10. The molecule has 0 amide bonds. The van der Waals surface area contributed by atoms with Gasteiger partial charge in [0.15, 0.2) is 0 Å². The molecule has 0 saturated heterocycles. The summed E-state index contributed by atoms with van der Waals surface area (Å²) >= 11 is 0. The lowest BCUT2D eigenvalue weighted by Gasteiger charge is -2.11. The average molecular weight is 194 g/mol. The third kappa shape index (κ3) is 1.69. The summed E-state index contributed by atoms with van der Waals surface area (Å²) in [5, 5.41) is 0. The van der Waals surface area contributed by atoms with Crippen molar-refractivity contribution in [3.05, 3.63) is 12.0 Å². The molecule has 4 nitrogen and oxygen atoms in total. The Morgan fingerprint density at radius 1 is 1.21 bits per heavy atom. The summed E-state index contributed by atoms with van der Waals surface area (Å²) in [7, 11) is 0. The van der Waals surface area contributed by atoms with Crippen molar-refractivity contribution in [2.24, 2.45) is 0 Å². The number of hydrogen-bond acceptors (Lipinski definition) is 3. The second-order valence-electron chi connectivity index (χ2n) is 4.11. The molecular formula is C10H18N4. The number of anilines is 1. The van der Waals surface area contributed by atoms with Gasteiger partial charge < -0.3 is 11.6 Å². The lowest BCUT2D eigenvalue weighted by atomic mass is 9.97. The average Bonchev–Trinajstić information content (AvgIpc) is 2.47. The molecular weight excluding hydrogens is 176 g/mol. The minimum absolute atomic E-state index is 0.530. The van der Waals surface area contributed by atoms with Crippen molar-refractivity contribution < 1.29 is 0 Å². The molecule has 1 aromatic rings. The van der Waals surface area contributed by atoms with Crippen molar-refractivity contribution >= 4 is 5.82 Å². The summed E-state index contributed by atoms with van der Waals surface area (Å²) < 4.78 is 1.42. The molecule has 1 fully saturated rings. The van der Waals surface area contributed by atoms with E-state index in [1.807, 2.05) is 0 Å². The van der Waals surface area contributed by atoms with Gasteiger partial charge in [-0.3, -0.25) is 0 Å². The summed E-state index contributed by atoms with van der Waals surface area (Å²) in [5.74, 6) is 6.78. The van der Waals surface area contributed by atoms with Crippen LogP contribution in [0.15, 0.2) is 6.33 Å². The minimum Gasteiger partial charge on any atom is -0.382 e. The van der Waals surface area contributed by atoms with Crippen LogP contribution in [0.25, 0.3) is 0 Å². The predicted octanol–water partition coefficient (Wildman–Crippen LogP) is 1.62. The van der Waals surface area contributed by atoms with Crippen molar-refractivity contribution in [3.63, 3.8) is 0 Å².